The summed E-state index contributed by atoms with van der Waals surface area (Å²) < 4.78 is 0. The van der Waals surface area contributed by atoms with Crippen molar-refractivity contribution in [1.29, 1.82) is 5.26 Å². The maximum atomic E-state index is 9.04. The summed E-state index contributed by atoms with van der Waals surface area (Å²) in [6, 6.07) is 2.54. The highest BCUT2D eigenvalue weighted by Crippen LogP contribution is 2.18. The fraction of sp³-hybridized carbons (Fsp3) is 0.857. The van der Waals surface area contributed by atoms with Gasteiger partial charge in [-0.1, -0.05) is 0 Å². The highest BCUT2D eigenvalue weighted by molar-refractivity contribution is 4.83. The fourth-order valence-corrected chi connectivity index (χ4v) is 0.768. The smallest absolute Gasteiger partial charge is 0.0794 e. The minimum absolute atomic E-state index is 0.236. The summed E-state index contributed by atoms with van der Waals surface area (Å²) in [4.78, 5) is 0. The van der Waals surface area contributed by atoms with Crippen molar-refractivity contribution in [3.8, 4) is 6.07 Å². The number of hydrogen-bond donors (Lipinski definition) is 2. The van der Waals surface area contributed by atoms with Crippen LogP contribution in [0.1, 0.15) is 19.3 Å². The van der Waals surface area contributed by atoms with Crippen LogP contribution in [0.5, 0.6) is 0 Å². The van der Waals surface area contributed by atoms with E-state index in [9.17, 15) is 0 Å². The third-order valence-electron chi connectivity index (χ3n) is 1.55. The summed E-state index contributed by atoms with van der Waals surface area (Å²) in [6.45, 7) is 0.568. The van der Waals surface area contributed by atoms with Gasteiger partial charge in [-0.15, -0.1) is 0 Å². The first-order valence-corrected chi connectivity index (χ1v) is 3.61. The lowest BCUT2D eigenvalue weighted by Crippen LogP contribution is -2.27. The molecule has 0 radical (unpaired) electrons. The standard InChI is InChI=1S/C7H12N2O/c8-4-3-7(10)5-9-6-1-2-6/h6-7,9-10H,1-3,5H2. The Hall–Kier alpha value is -0.590. The van der Waals surface area contributed by atoms with Gasteiger partial charge in [0.2, 0.25) is 0 Å². The van der Waals surface area contributed by atoms with Crippen molar-refractivity contribution in [1.82, 2.24) is 5.32 Å². The van der Waals surface area contributed by atoms with Crippen molar-refractivity contribution in [2.45, 2.75) is 31.4 Å². The van der Waals surface area contributed by atoms with Crippen LogP contribution in [0.25, 0.3) is 0 Å². The monoisotopic (exact) mass is 140 g/mol. The quantitative estimate of drug-likeness (QED) is 0.578. The Bertz CT molecular complexity index is 137. The number of aliphatic hydroxyl groups excluding tert-OH is 1. The van der Waals surface area contributed by atoms with Gasteiger partial charge in [0, 0.05) is 12.6 Å². The first-order valence-electron chi connectivity index (χ1n) is 3.61. The minimum atomic E-state index is -0.481. The molecule has 56 valence electrons. The lowest BCUT2D eigenvalue weighted by molar-refractivity contribution is 0.176. The van der Waals surface area contributed by atoms with Crippen LogP contribution in [-0.4, -0.2) is 23.8 Å². The van der Waals surface area contributed by atoms with Gasteiger partial charge in [0.15, 0.2) is 0 Å². The number of hydrogen-bond acceptors (Lipinski definition) is 3. The van der Waals surface area contributed by atoms with E-state index in [1.807, 2.05) is 6.07 Å². The molecule has 1 rings (SSSR count). The molecule has 3 nitrogen and oxygen atoms in total. The highest BCUT2D eigenvalue weighted by Gasteiger charge is 2.20. The third kappa shape index (κ3) is 2.81. The maximum Gasteiger partial charge on any atom is 0.0794 e. The number of nitrogens with one attached hydrogen (secondary N) is 1. The Balaban J connectivity index is 1.95. The molecule has 1 fully saturated rings. The second-order valence-corrected chi connectivity index (χ2v) is 2.70. The van der Waals surface area contributed by atoms with Gasteiger partial charge < -0.3 is 10.4 Å². The molecule has 3 heteroatoms. The van der Waals surface area contributed by atoms with Crippen molar-refractivity contribution in [3.63, 3.8) is 0 Å². The van der Waals surface area contributed by atoms with E-state index >= 15 is 0 Å². The van der Waals surface area contributed by atoms with Crippen molar-refractivity contribution in [2.24, 2.45) is 0 Å². The molecule has 0 aromatic carbocycles. The normalized spacial score (nSPS) is 20.0. The molecule has 0 bridgehead atoms. The summed E-state index contributed by atoms with van der Waals surface area (Å²) >= 11 is 0. The van der Waals surface area contributed by atoms with Crippen molar-refractivity contribution >= 4 is 0 Å². The third-order valence-corrected chi connectivity index (χ3v) is 1.55. The second-order valence-electron chi connectivity index (χ2n) is 2.70. The fourth-order valence-electron chi connectivity index (χ4n) is 0.768. The van der Waals surface area contributed by atoms with E-state index in [0.717, 1.165) is 0 Å². The number of nitriles is 1. The van der Waals surface area contributed by atoms with Crippen molar-refractivity contribution in [2.75, 3.05) is 6.54 Å². The van der Waals surface area contributed by atoms with Crippen LogP contribution in [0.3, 0.4) is 0 Å². The SMILES string of the molecule is N#CCC(O)CNC1CC1. The van der Waals surface area contributed by atoms with Crippen molar-refractivity contribution < 1.29 is 5.11 Å². The summed E-state index contributed by atoms with van der Waals surface area (Å²) in [7, 11) is 0. The van der Waals surface area contributed by atoms with Gasteiger partial charge in [0.05, 0.1) is 18.6 Å². The van der Waals surface area contributed by atoms with Gasteiger partial charge in [-0.25, -0.2) is 0 Å². The van der Waals surface area contributed by atoms with E-state index in [1.54, 1.807) is 0 Å². The average Bonchev–Trinajstić information content (AvgIpc) is 2.67. The summed E-state index contributed by atoms with van der Waals surface area (Å²) in [5.74, 6) is 0. The first kappa shape index (κ1) is 7.52. The molecule has 0 spiro atoms. The van der Waals surface area contributed by atoms with Crippen molar-refractivity contribution in [3.05, 3.63) is 0 Å². The zero-order chi connectivity index (χ0) is 7.40. The Morgan fingerprint density at radius 2 is 2.40 bits per heavy atom. The van der Waals surface area contributed by atoms with E-state index in [1.165, 1.54) is 12.8 Å². The van der Waals surface area contributed by atoms with E-state index < -0.39 is 6.10 Å². The molecular formula is C7H12N2O. The molecule has 2 N–H and O–H groups in total. The van der Waals surface area contributed by atoms with Crippen LogP contribution in [-0.2, 0) is 0 Å². The van der Waals surface area contributed by atoms with Crippen LogP contribution in [0.4, 0.5) is 0 Å². The summed E-state index contributed by atoms with van der Waals surface area (Å²) in [5.41, 5.74) is 0. The van der Waals surface area contributed by atoms with Crippen LogP contribution < -0.4 is 5.32 Å². The van der Waals surface area contributed by atoms with Crippen LogP contribution in [0.2, 0.25) is 0 Å². The molecule has 0 aliphatic heterocycles. The first-order chi connectivity index (χ1) is 4.83. The minimum Gasteiger partial charge on any atom is -0.391 e. The Morgan fingerprint density at radius 1 is 1.70 bits per heavy atom. The van der Waals surface area contributed by atoms with E-state index in [-0.39, 0.29) is 6.42 Å². The van der Waals surface area contributed by atoms with Gasteiger partial charge in [-0.05, 0) is 12.8 Å². The van der Waals surface area contributed by atoms with Gasteiger partial charge in [-0.3, -0.25) is 0 Å². The number of nitrogens with zero attached hydrogens (tertiary/aromatic N) is 1. The Morgan fingerprint density at radius 3 is 2.90 bits per heavy atom. The molecule has 0 heterocycles. The Kier molecular flexibility index (Phi) is 2.67. The molecule has 0 aromatic rings. The number of rotatable bonds is 4. The summed E-state index contributed by atoms with van der Waals surface area (Å²) in [5, 5.41) is 20.4. The van der Waals surface area contributed by atoms with E-state index in [0.29, 0.717) is 12.6 Å². The molecule has 1 saturated carbocycles. The zero-order valence-corrected chi connectivity index (χ0v) is 5.88. The lowest BCUT2D eigenvalue weighted by atomic mass is 10.3. The molecule has 1 aliphatic carbocycles. The van der Waals surface area contributed by atoms with Gasteiger partial charge in [-0.2, -0.15) is 5.26 Å². The maximum absolute atomic E-state index is 9.04. The molecular weight excluding hydrogens is 128 g/mol. The summed E-state index contributed by atoms with van der Waals surface area (Å²) in [6.07, 6.45) is 2.20. The zero-order valence-electron chi connectivity index (χ0n) is 5.88. The van der Waals surface area contributed by atoms with Crippen LogP contribution in [0, 0.1) is 11.3 Å². The number of aliphatic hydroxyl groups is 1. The lowest BCUT2D eigenvalue weighted by Gasteiger charge is -2.05. The van der Waals surface area contributed by atoms with E-state index in [2.05, 4.69) is 5.32 Å². The molecule has 10 heavy (non-hydrogen) atoms. The van der Waals surface area contributed by atoms with Crippen LogP contribution in [0.15, 0.2) is 0 Å². The molecule has 1 unspecified atom stereocenters. The molecule has 0 aromatic heterocycles. The second kappa shape index (κ2) is 3.55. The van der Waals surface area contributed by atoms with Gasteiger partial charge in [0.1, 0.15) is 0 Å². The van der Waals surface area contributed by atoms with Crippen LogP contribution >= 0.6 is 0 Å². The molecule has 1 atom stereocenters. The van der Waals surface area contributed by atoms with Gasteiger partial charge in [0.25, 0.3) is 0 Å². The van der Waals surface area contributed by atoms with E-state index in [4.69, 9.17) is 10.4 Å². The average molecular weight is 140 g/mol. The molecule has 0 saturated heterocycles. The topological polar surface area (TPSA) is 56.0 Å². The predicted molar refractivity (Wildman–Crippen MR) is 37.3 cm³/mol. The highest BCUT2D eigenvalue weighted by atomic mass is 16.3. The molecule has 0 amide bonds. The largest absolute Gasteiger partial charge is 0.391 e. The molecule has 1 aliphatic rings. The van der Waals surface area contributed by atoms with Gasteiger partial charge >= 0.3 is 0 Å². The Labute approximate surface area is 60.7 Å². The predicted octanol–water partition coefficient (Wildman–Crippen LogP) is 0.0130.